The SMILES string of the molecule is CCS(=O)(=O)C1CSCCN1c1ccc(C=O)s1. The number of nitrogens with zero attached hydrogens (tertiary/aromatic N) is 1. The molecular weight excluding hydrogens is 290 g/mol. The Bertz CT molecular complexity index is 523. The topological polar surface area (TPSA) is 54.5 Å². The van der Waals surface area contributed by atoms with Crippen LogP contribution in [0.5, 0.6) is 0 Å². The molecule has 0 aromatic carbocycles. The van der Waals surface area contributed by atoms with Crippen molar-refractivity contribution in [1.82, 2.24) is 0 Å². The van der Waals surface area contributed by atoms with Gasteiger partial charge in [-0.1, -0.05) is 6.92 Å². The number of rotatable bonds is 4. The van der Waals surface area contributed by atoms with Crippen LogP contribution in [0.15, 0.2) is 12.1 Å². The highest BCUT2D eigenvalue weighted by Gasteiger charge is 2.33. The lowest BCUT2D eigenvalue weighted by Gasteiger charge is -2.35. The standard InChI is InChI=1S/C11H15NO3S3/c1-2-18(14,15)11-8-16-6-5-12(11)10-4-3-9(7-13)17-10/h3-4,7,11H,2,5-6,8H2,1H3. The smallest absolute Gasteiger partial charge is 0.171 e. The van der Waals surface area contributed by atoms with Crippen molar-refractivity contribution < 1.29 is 13.2 Å². The van der Waals surface area contributed by atoms with Crippen LogP contribution in [-0.2, 0) is 9.84 Å². The Hall–Kier alpha value is -0.530. The first-order valence-corrected chi connectivity index (χ1v) is 9.38. The van der Waals surface area contributed by atoms with Gasteiger partial charge in [0.2, 0.25) is 0 Å². The van der Waals surface area contributed by atoms with Crippen LogP contribution < -0.4 is 4.90 Å². The zero-order valence-electron chi connectivity index (χ0n) is 10.0. The third-order valence-corrected chi connectivity index (χ3v) is 7.25. The summed E-state index contributed by atoms with van der Waals surface area (Å²) in [4.78, 5) is 13.3. The van der Waals surface area contributed by atoms with Crippen LogP contribution in [0.2, 0.25) is 0 Å². The summed E-state index contributed by atoms with van der Waals surface area (Å²) in [5.74, 6) is 1.68. The highest BCUT2D eigenvalue weighted by molar-refractivity contribution is 8.01. The largest absolute Gasteiger partial charge is 0.345 e. The van der Waals surface area contributed by atoms with Crippen LogP contribution in [-0.4, -0.2) is 43.9 Å². The fourth-order valence-corrected chi connectivity index (χ4v) is 5.83. The van der Waals surface area contributed by atoms with Gasteiger partial charge >= 0.3 is 0 Å². The number of hydrogen-bond donors (Lipinski definition) is 0. The van der Waals surface area contributed by atoms with E-state index in [1.54, 1.807) is 24.8 Å². The summed E-state index contributed by atoms with van der Waals surface area (Å²) in [5.41, 5.74) is 0. The summed E-state index contributed by atoms with van der Waals surface area (Å²) in [5, 5.41) is 0.416. The maximum absolute atomic E-state index is 12.1. The fourth-order valence-electron chi connectivity index (χ4n) is 1.88. The second-order valence-electron chi connectivity index (χ2n) is 3.97. The van der Waals surface area contributed by atoms with Crippen molar-refractivity contribution in [3.05, 3.63) is 17.0 Å². The predicted octanol–water partition coefficient (Wildman–Crippen LogP) is 1.87. The number of thiophene rings is 1. The van der Waals surface area contributed by atoms with Gasteiger partial charge in [0.05, 0.1) is 9.88 Å². The molecule has 2 rings (SSSR count). The molecule has 100 valence electrons. The van der Waals surface area contributed by atoms with Crippen molar-refractivity contribution in [2.45, 2.75) is 12.3 Å². The average molecular weight is 305 g/mol. The molecule has 0 N–H and O–H groups in total. The van der Waals surface area contributed by atoms with E-state index in [1.165, 1.54) is 11.3 Å². The maximum Gasteiger partial charge on any atom is 0.171 e. The van der Waals surface area contributed by atoms with Crippen LogP contribution in [0.3, 0.4) is 0 Å². The minimum atomic E-state index is -3.09. The molecule has 7 heteroatoms. The normalized spacial score (nSPS) is 20.9. The quantitative estimate of drug-likeness (QED) is 0.795. The molecule has 1 aromatic heterocycles. The van der Waals surface area contributed by atoms with E-state index >= 15 is 0 Å². The molecular formula is C11H15NO3S3. The van der Waals surface area contributed by atoms with Crippen LogP contribution in [0, 0.1) is 0 Å². The Morgan fingerprint density at radius 2 is 2.28 bits per heavy atom. The lowest BCUT2D eigenvalue weighted by molar-refractivity contribution is 0.112. The molecule has 18 heavy (non-hydrogen) atoms. The van der Waals surface area contributed by atoms with Crippen molar-refractivity contribution in [2.75, 3.05) is 28.7 Å². The second-order valence-corrected chi connectivity index (χ2v) is 8.66. The van der Waals surface area contributed by atoms with Crippen molar-refractivity contribution in [3.8, 4) is 0 Å². The molecule has 0 saturated carbocycles. The molecule has 0 spiro atoms. The van der Waals surface area contributed by atoms with Crippen molar-refractivity contribution in [1.29, 1.82) is 0 Å². The van der Waals surface area contributed by atoms with E-state index in [-0.39, 0.29) is 5.75 Å². The van der Waals surface area contributed by atoms with Gasteiger partial charge in [-0.05, 0) is 12.1 Å². The van der Waals surface area contributed by atoms with Crippen molar-refractivity contribution in [3.63, 3.8) is 0 Å². The van der Waals surface area contributed by atoms with Crippen molar-refractivity contribution >= 4 is 44.2 Å². The summed E-state index contributed by atoms with van der Waals surface area (Å²) in [6, 6.07) is 3.58. The van der Waals surface area contributed by atoms with Gasteiger partial charge in [0.15, 0.2) is 16.1 Å². The molecule has 2 heterocycles. The van der Waals surface area contributed by atoms with E-state index in [4.69, 9.17) is 0 Å². The summed E-state index contributed by atoms with van der Waals surface area (Å²) < 4.78 is 24.2. The minimum absolute atomic E-state index is 0.153. The van der Waals surface area contributed by atoms with E-state index in [2.05, 4.69) is 0 Å². The Morgan fingerprint density at radius 1 is 1.50 bits per heavy atom. The number of anilines is 1. The Morgan fingerprint density at radius 3 is 2.89 bits per heavy atom. The zero-order valence-corrected chi connectivity index (χ0v) is 12.5. The molecule has 1 aliphatic rings. The molecule has 0 radical (unpaired) electrons. The number of carbonyl (C=O) groups is 1. The summed E-state index contributed by atoms with van der Waals surface area (Å²) >= 11 is 3.02. The van der Waals surface area contributed by atoms with Gasteiger partial charge in [0.1, 0.15) is 5.37 Å². The van der Waals surface area contributed by atoms with Gasteiger partial charge in [0.25, 0.3) is 0 Å². The summed E-state index contributed by atoms with van der Waals surface area (Å²) in [7, 11) is -3.09. The van der Waals surface area contributed by atoms with E-state index in [1.807, 2.05) is 11.0 Å². The average Bonchev–Trinajstić information content (AvgIpc) is 2.87. The first-order chi connectivity index (χ1) is 8.58. The molecule has 1 unspecified atom stereocenters. The molecule has 4 nitrogen and oxygen atoms in total. The van der Waals surface area contributed by atoms with E-state index in [0.29, 0.717) is 17.2 Å². The van der Waals surface area contributed by atoms with Crippen LogP contribution in [0.1, 0.15) is 16.6 Å². The minimum Gasteiger partial charge on any atom is -0.345 e. The molecule has 0 bridgehead atoms. The molecule has 1 aliphatic heterocycles. The first-order valence-electron chi connectivity index (χ1n) is 5.69. The Labute approximate surface area is 115 Å². The lowest BCUT2D eigenvalue weighted by atomic mass is 10.4. The monoisotopic (exact) mass is 305 g/mol. The van der Waals surface area contributed by atoms with Gasteiger partial charge in [-0.3, -0.25) is 4.79 Å². The van der Waals surface area contributed by atoms with E-state index in [0.717, 1.165) is 17.0 Å². The molecule has 1 atom stereocenters. The highest BCUT2D eigenvalue weighted by Crippen LogP contribution is 2.32. The van der Waals surface area contributed by atoms with Crippen LogP contribution >= 0.6 is 23.1 Å². The fraction of sp³-hybridized carbons (Fsp3) is 0.545. The second kappa shape index (κ2) is 5.63. The van der Waals surface area contributed by atoms with Crippen molar-refractivity contribution in [2.24, 2.45) is 0 Å². The van der Waals surface area contributed by atoms with E-state index in [9.17, 15) is 13.2 Å². The molecule has 1 aromatic rings. The molecule has 0 aliphatic carbocycles. The predicted molar refractivity (Wildman–Crippen MR) is 77.6 cm³/mol. The molecule has 1 fully saturated rings. The zero-order chi connectivity index (χ0) is 13.2. The van der Waals surface area contributed by atoms with E-state index < -0.39 is 15.2 Å². The number of aldehydes is 1. The summed E-state index contributed by atoms with van der Waals surface area (Å²) in [6.07, 6.45) is 0.802. The van der Waals surface area contributed by atoms with Crippen LogP contribution in [0.25, 0.3) is 0 Å². The highest BCUT2D eigenvalue weighted by atomic mass is 32.2. The maximum atomic E-state index is 12.1. The molecule has 1 saturated heterocycles. The lowest BCUT2D eigenvalue weighted by Crippen LogP contribution is -2.47. The van der Waals surface area contributed by atoms with Gasteiger partial charge in [-0.15, -0.1) is 11.3 Å². The van der Waals surface area contributed by atoms with Gasteiger partial charge < -0.3 is 4.90 Å². The van der Waals surface area contributed by atoms with Gasteiger partial charge in [0, 0.05) is 23.8 Å². The summed E-state index contributed by atoms with van der Waals surface area (Å²) in [6.45, 7) is 2.39. The van der Waals surface area contributed by atoms with Crippen LogP contribution in [0.4, 0.5) is 5.00 Å². The third-order valence-electron chi connectivity index (χ3n) is 2.91. The van der Waals surface area contributed by atoms with Gasteiger partial charge in [-0.2, -0.15) is 11.8 Å². The third kappa shape index (κ3) is 2.73. The Balaban J connectivity index is 2.31. The first kappa shape index (κ1) is 13.9. The number of carbonyl (C=O) groups excluding carboxylic acids is 1. The number of hydrogen-bond acceptors (Lipinski definition) is 6. The number of thioether (sulfide) groups is 1. The molecule has 0 amide bonds. The Kier molecular flexibility index (Phi) is 4.34. The van der Waals surface area contributed by atoms with Gasteiger partial charge in [-0.25, -0.2) is 8.42 Å². The number of sulfone groups is 1.